The molecule has 1 fully saturated rings. The molecule has 1 aliphatic rings. The number of hydrogen-bond donors (Lipinski definition) is 3. The lowest BCUT2D eigenvalue weighted by atomic mass is 10.3. The van der Waals surface area contributed by atoms with Gasteiger partial charge in [0.25, 0.3) is 0 Å². The highest BCUT2D eigenvalue weighted by atomic mass is 16.5. The lowest BCUT2D eigenvalue weighted by molar-refractivity contribution is 0.0718. The van der Waals surface area contributed by atoms with Crippen LogP contribution in [0, 0.1) is 0 Å². The Balaban J connectivity index is 1.80. The molecule has 88 valence electrons. The molecule has 1 aliphatic carbocycles. The first kappa shape index (κ1) is 10.9. The largest absolute Gasteiger partial charge is 0.368 e. The van der Waals surface area contributed by atoms with Crippen molar-refractivity contribution < 1.29 is 4.74 Å². The molecule has 0 amide bonds. The third kappa shape index (κ3) is 2.93. The first-order valence-corrected chi connectivity index (χ1v) is 5.36. The molecular formula is C9H16N6O. The fourth-order valence-corrected chi connectivity index (χ4v) is 1.77. The number of anilines is 3. The van der Waals surface area contributed by atoms with E-state index >= 15 is 0 Å². The molecule has 7 heteroatoms. The number of nitrogen functional groups attached to an aromatic ring is 2. The third-order valence-electron chi connectivity index (χ3n) is 2.52. The van der Waals surface area contributed by atoms with Crippen LogP contribution in [0.4, 0.5) is 17.8 Å². The van der Waals surface area contributed by atoms with E-state index < -0.39 is 0 Å². The van der Waals surface area contributed by atoms with Crippen LogP contribution in [-0.2, 0) is 4.74 Å². The average molecular weight is 224 g/mol. The van der Waals surface area contributed by atoms with Crippen LogP contribution in [0.5, 0.6) is 0 Å². The van der Waals surface area contributed by atoms with Crippen molar-refractivity contribution in [2.24, 2.45) is 0 Å². The van der Waals surface area contributed by atoms with Crippen molar-refractivity contribution in [3.05, 3.63) is 0 Å². The van der Waals surface area contributed by atoms with E-state index in [4.69, 9.17) is 16.2 Å². The highest BCUT2D eigenvalue weighted by molar-refractivity contribution is 5.36. The lowest BCUT2D eigenvalue weighted by Crippen LogP contribution is -2.16. The summed E-state index contributed by atoms with van der Waals surface area (Å²) in [5, 5.41) is 2.91. The van der Waals surface area contributed by atoms with Crippen molar-refractivity contribution >= 4 is 17.8 Å². The minimum absolute atomic E-state index is 0.107. The maximum Gasteiger partial charge on any atom is 0.231 e. The second-order valence-corrected chi connectivity index (χ2v) is 3.77. The smallest absolute Gasteiger partial charge is 0.231 e. The summed E-state index contributed by atoms with van der Waals surface area (Å²) >= 11 is 0. The highest BCUT2D eigenvalue weighted by Crippen LogP contribution is 2.20. The van der Waals surface area contributed by atoms with E-state index in [9.17, 15) is 0 Å². The van der Waals surface area contributed by atoms with Crippen LogP contribution in [0.3, 0.4) is 0 Å². The summed E-state index contributed by atoms with van der Waals surface area (Å²) in [5.41, 5.74) is 10.9. The normalized spacial score (nSPS) is 16.5. The molecule has 0 bridgehead atoms. The van der Waals surface area contributed by atoms with Gasteiger partial charge in [-0.1, -0.05) is 12.8 Å². The quantitative estimate of drug-likeness (QED) is 0.633. The predicted octanol–water partition coefficient (Wildman–Crippen LogP) is 0.365. The van der Waals surface area contributed by atoms with Gasteiger partial charge in [-0.15, -0.1) is 0 Å². The van der Waals surface area contributed by atoms with Gasteiger partial charge in [-0.2, -0.15) is 15.0 Å². The Morgan fingerprint density at radius 1 is 1.12 bits per heavy atom. The molecule has 5 N–H and O–H groups in total. The van der Waals surface area contributed by atoms with Gasteiger partial charge < -0.3 is 21.5 Å². The van der Waals surface area contributed by atoms with Gasteiger partial charge in [0, 0.05) is 0 Å². The number of rotatable bonds is 4. The summed E-state index contributed by atoms with van der Waals surface area (Å²) in [4.78, 5) is 11.4. The standard InChI is InChI=1S/C9H16N6O/c10-7-13-8(11)15-9(14-7)12-5-16-6-3-1-2-4-6/h6H,1-5H2,(H5,10,11,12,13,14,15). The summed E-state index contributed by atoms with van der Waals surface area (Å²) in [5.74, 6) is 0.565. The molecule has 0 unspecified atom stereocenters. The average Bonchev–Trinajstić information content (AvgIpc) is 2.69. The van der Waals surface area contributed by atoms with Crippen molar-refractivity contribution in [3.63, 3.8) is 0 Å². The zero-order chi connectivity index (χ0) is 11.4. The molecule has 1 aromatic heterocycles. The lowest BCUT2D eigenvalue weighted by Gasteiger charge is -2.11. The van der Waals surface area contributed by atoms with Gasteiger partial charge in [0.05, 0.1) is 6.10 Å². The summed E-state index contributed by atoms with van der Waals surface area (Å²) in [7, 11) is 0. The molecule has 7 nitrogen and oxygen atoms in total. The second-order valence-electron chi connectivity index (χ2n) is 3.77. The van der Waals surface area contributed by atoms with E-state index in [1.54, 1.807) is 0 Å². The van der Waals surface area contributed by atoms with Crippen molar-refractivity contribution in [1.29, 1.82) is 0 Å². The van der Waals surface area contributed by atoms with E-state index in [0.29, 0.717) is 18.8 Å². The minimum atomic E-state index is 0.107. The first-order chi connectivity index (χ1) is 7.74. The Morgan fingerprint density at radius 2 is 1.75 bits per heavy atom. The molecule has 2 rings (SSSR count). The Bertz CT molecular complexity index is 332. The number of hydrogen-bond acceptors (Lipinski definition) is 7. The molecular weight excluding hydrogens is 208 g/mol. The van der Waals surface area contributed by atoms with Gasteiger partial charge in [-0.05, 0) is 12.8 Å². The molecule has 1 heterocycles. The monoisotopic (exact) mass is 224 g/mol. The molecule has 0 radical (unpaired) electrons. The highest BCUT2D eigenvalue weighted by Gasteiger charge is 2.14. The molecule has 16 heavy (non-hydrogen) atoms. The molecule has 0 aromatic carbocycles. The van der Waals surface area contributed by atoms with Crippen LogP contribution in [0.25, 0.3) is 0 Å². The van der Waals surface area contributed by atoms with E-state index in [1.165, 1.54) is 12.8 Å². The van der Waals surface area contributed by atoms with Gasteiger partial charge in [-0.3, -0.25) is 0 Å². The number of aromatic nitrogens is 3. The topological polar surface area (TPSA) is 112 Å². The number of nitrogens with zero attached hydrogens (tertiary/aromatic N) is 3. The zero-order valence-corrected chi connectivity index (χ0v) is 9.02. The summed E-state index contributed by atoms with van der Waals surface area (Å²) in [6.45, 7) is 0.369. The van der Waals surface area contributed by atoms with E-state index in [2.05, 4.69) is 20.3 Å². The molecule has 1 saturated carbocycles. The van der Waals surface area contributed by atoms with Crippen LogP contribution in [0.15, 0.2) is 0 Å². The van der Waals surface area contributed by atoms with Crippen LogP contribution in [-0.4, -0.2) is 27.8 Å². The second kappa shape index (κ2) is 4.93. The van der Waals surface area contributed by atoms with E-state index in [-0.39, 0.29) is 11.9 Å². The molecule has 0 atom stereocenters. The fourth-order valence-electron chi connectivity index (χ4n) is 1.77. The van der Waals surface area contributed by atoms with E-state index in [1.807, 2.05) is 0 Å². The van der Waals surface area contributed by atoms with E-state index in [0.717, 1.165) is 12.8 Å². The Morgan fingerprint density at radius 3 is 2.38 bits per heavy atom. The SMILES string of the molecule is Nc1nc(N)nc(NCOC2CCCC2)n1. The maximum absolute atomic E-state index is 5.59. The molecule has 0 saturated heterocycles. The van der Waals surface area contributed by atoms with Crippen LogP contribution >= 0.6 is 0 Å². The Kier molecular flexibility index (Phi) is 3.35. The molecule has 0 aliphatic heterocycles. The van der Waals surface area contributed by atoms with Crippen molar-refractivity contribution in [1.82, 2.24) is 15.0 Å². The predicted molar refractivity (Wildman–Crippen MR) is 60.5 cm³/mol. The fraction of sp³-hybridized carbons (Fsp3) is 0.667. The first-order valence-electron chi connectivity index (χ1n) is 5.36. The van der Waals surface area contributed by atoms with Crippen molar-refractivity contribution in [2.75, 3.05) is 23.5 Å². The molecule has 0 spiro atoms. The number of ether oxygens (including phenoxy) is 1. The number of nitrogens with two attached hydrogens (primary N) is 2. The summed E-state index contributed by atoms with van der Waals surface area (Å²) in [6.07, 6.45) is 5.10. The van der Waals surface area contributed by atoms with Crippen LogP contribution in [0.2, 0.25) is 0 Å². The minimum Gasteiger partial charge on any atom is -0.368 e. The van der Waals surface area contributed by atoms with Gasteiger partial charge in [-0.25, -0.2) is 0 Å². The van der Waals surface area contributed by atoms with Crippen LogP contribution < -0.4 is 16.8 Å². The Hall–Kier alpha value is -1.63. The molecule has 1 aromatic rings. The Labute approximate surface area is 93.6 Å². The summed E-state index contributed by atoms with van der Waals surface area (Å²) in [6, 6.07) is 0. The maximum atomic E-state index is 5.59. The van der Waals surface area contributed by atoms with Gasteiger partial charge in [0.2, 0.25) is 17.8 Å². The summed E-state index contributed by atoms with van der Waals surface area (Å²) < 4.78 is 5.59. The zero-order valence-electron chi connectivity index (χ0n) is 9.02. The van der Waals surface area contributed by atoms with Gasteiger partial charge in [0.1, 0.15) is 6.73 Å². The van der Waals surface area contributed by atoms with Crippen molar-refractivity contribution in [3.8, 4) is 0 Å². The van der Waals surface area contributed by atoms with Gasteiger partial charge >= 0.3 is 0 Å². The van der Waals surface area contributed by atoms with Crippen LogP contribution in [0.1, 0.15) is 25.7 Å². The third-order valence-corrected chi connectivity index (χ3v) is 2.52. The number of nitrogens with one attached hydrogen (secondary N) is 1. The van der Waals surface area contributed by atoms with Crippen molar-refractivity contribution in [2.45, 2.75) is 31.8 Å². The van der Waals surface area contributed by atoms with Gasteiger partial charge in [0.15, 0.2) is 0 Å².